The summed E-state index contributed by atoms with van der Waals surface area (Å²) in [6, 6.07) is 4.60. The molecule has 0 aliphatic heterocycles. The minimum atomic E-state index is 0.720. The molecule has 2 nitrogen and oxygen atoms in total. The van der Waals surface area contributed by atoms with E-state index in [0.717, 1.165) is 24.3 Å². The number of hydrogen-bond acceptors (Lipinski definition) is 2. The lowest BCUT2D eigenvalue weighted by molar-refractivity contribution is 0.314. The summed E-state index contributed by atoms with van der Waals surface area (Å²) < 4.78 is 5.23. The molecule has 1 aliphatic carbocycles. The highest BCUT2D eigenvalue weighted by molar-refractivity contribution is 5.42. The number of hydrogen-bond donors (Lipinski definition) is 1. The highest BCUT2D eigenvalue weighted by Gasteiger charge is 2.16. The van der Waals surface area contributed by atoms with E-state index in [0.29, 0.717) is 0 Å². The van der Waals surface area contributed by atoms with E-state index in [1.54, 1.807) is 6.26 Å². The minimum absolute atomic E-state index is 0.720. The zero-order valence-electron chi connectivity index (χ0n) is 9.99. The lowest BCUT2D eigenvalue weighted by Crippen LogP contribution is -2.32. The van der Waals surface area contributed by atoms with E-state index in [1.165, 1.54) is 25.7 Å². The standard InChI is InChI=1S/C14H21NO/c1-12-6-8-13(9-7-12)15-10-2-4-14-5-3-11-16-14/h2-5,11-13,15H,6-10H2,1H3/b4-2+. The van der Waals surface area contributed by atoms with Crippen LogP contribution < -0.4 is 5.32 Å². The molecule has 0 amide bonds. The van der Waals surface area contributed by atoms with E-state index in [9.17, 15) is 0 Å². The van der Waals surface area contributed by atoms with Crippen molar-refractivity contribution in [2.24, 2.45) is 5.92 Å². The molecule has 1 aliphatic rings. The van der Waals surface area contributed by atoms with Crippen LogP contribution in [0, 0.1) is 5.92 Å². The van der Waals surface area contributed by atoms with Gasteiger partial charge < -0.3 is 9.73 Å². The molecule has 0 bridgehead atoms. The topological polar surface area (TPSA) is 25.2 Å². The molecule has 1 fully saturated rings. The molecule has 88 valence electrons. The van der Waals surface area contributed by atoms with Gasteiger partial charge in [-0.1, -0.05) is 13.0 Å². The van der Waals surface area contributed by atoms with Crippen LogP contribution >= 0.6 is 0 Å². The Balaban J connectivity index is 1.64. The second kappa shape index (κ2) is 5.90. The van der Waals surface area contributed by atoms with Crippen molar-refractivity contribution in [3.05, 3.63) is 30.2 Å². The zero-order valence-corrected chi connectivity index (χ0v) is 9.99. The molecule has 1 saturated carbocycles. The highest BCUT2D eigenvalue weighted by Crippen LogP contribution is 2.23. The van der Waals surface area contributed by atoms with Gasteiger partial charge in [0.15, 0.2) is 0 Å². The van der Waals surface area contributed by atoms with Gasteiger partial charge >= 0.3 is 0 Å². The van der Waals surface area contributed by atoms with Gasteiger partial charge in [-0.3, -0.25) is 0 Å². The van der Waals surface area contributed by atoms with Crippen molar-refractivity contribution in [2.45, 2.75) is 38.6 Å². The van der Waals surface area contributed by atoms with Crippen LogP contribution in [0.3, 0.4) is 0 Å². The molecular formula is C14H21NO. The van der Waals surface area contributed by atoms with Crippen LogP contribution in [0.2, 0.25) is 0 Å². The Bertz CT molecular complexity index is 307. The van der Waals surface area contributed by atoms with Crippen molar-refractivity contribution in [3.63, 3.8) is 0 Å². The number of rotatable bonds is 4. The summed E-state index contributed by atoms with van der Waals surface area (Å²) in [4.78, 5) is 0. The van der Waals surface area contributed by atoms with Crippen LogP contribution in [0.1, 0.15) is 38.4 Å². The van der Waals surface area contributed by atoms with E-state index >= 15 is 0 Å². The van der Waals surface area contributed by atoms with Gasteiger partial charge in [-0.15, -0.1) is 0 Å². The van der Waals surface area contributed by atoms with Crippen LogP contribution in [0.5, 0.6) is 0 Å². The van der Waals surface area contributed by atoms with Gasteiger partial charge in [0.05, 0.1) is 6.26 Å². The van der Waals surface area contributed by atoms with Crippen molar-refractivity contribution in [3.8, 4) is 0 Å². The lowest BCUT2D eigenvalue weighted by atomic mass is 9.87. The van der Waals surface area contributed by atoms with Crippen LogP contribution in [0.4, 0.5) is 0 Å². The van der Waals surface area contributed by atoms with E-state index in [-0.39, 0.29) is 0 Å². The van der Waals surface area contributed by atoms with Gasteiger partial charge in [-0.05, 0) is 49.8 Å². The predicted molar refractivity (Wildman–Crippen MR) is 67.2 cm³/mol. The summed E-state index contributed by atoms with van der Waals surface area (Å²) in [6.45, 7) is 3.30. The van der Waals surface area contributed by atoms with E-state index in [4.69, 9.17) is 4.42 Å². The molecule has 1 heterocycles. The van der Waals surface area contributed by atoms with Crippen molar-refractivity contribution < 1.29 is 4.42 Å². The molecular weight excluding hydrogens is 198 g/mol. The number of nitrogens with one attached hydrogen (secondary N) is 1. The fourth-order valence-corrected chi connectivity index (χ4v) is 2.26. The summed E-state index contributed by atoms with van der Waals surface area (Å²) in [6.07, 6.45) is 11.3. The highest BCUT2D eigenvalue weighted by atomic mass is 16.3. The Morgan fingerprint density at radius 1 is 1.38 bits per heavy atom. The molecule has 0 saturated heterocycles. The smallest absolute Gasteiger partial charge is 0.126 e. The summed E-state index contributed by atoms with van der Waals surface area (Å²) >= 11 is 0. The monoisotopic (exact) mass is 219 g/mol. The molecule has 2 rings (SSSR count). The third-order valence-corrected chi connectivity index (χ3v) is 3.37. The van der Waals surface area contributed by atoms with Crippen molar-refractivity contribution in [1.82, 2.24) is 5.32 Å². The van der Waals surface area contributed by atoms with Gasteiger partial charge in [0, 0.05) is 12.6 Å². The van der Waals surface area contributed by atoms with Crippen LogP contribution in [0.25, 0.3) is 6.08 Å². The SMILES string of the molecule is CC1CCC(NC/C=C/c2ccco2)CC1. The fourth-order valence-electron chi connectivity index (χ4n) is 2.26. The predicted octanol–water partition coefficient (Wildman–Crippen LogP) is 3.46. The van der Waals surface area contributed by atoms with Gasteiger partial charge in [0.1, 0.15) is 5.76 Å². The Morgan fingerprint density at radius 2 is 2.19 bits per heavy atom. The first-order chi connectivity index (χ1) is 7.84. The fraction of sp³-hybridized carbons (Fsp3) is 0.571. The average Bonchev–Trinajstić information content (AvgIpc) is 2.80. The Morgan fingerprint density at radius 3 is 2.88 bits per heavy atom. The van der Waals surface area contributed by atoms with Gasteiger partial charge in [0.25, 0.3) is 0 Å². The third kappa shape index (κ3) is 3.53. The largest absolute Gasteiger partial charge is 0.465 e. The van der Waals surface area contributed by atoms with Crippen molar-refractivity contribution >= 4 is 6.08 Å². The molecule has 1 N–H and O–H groups in total. The first kappa shape index (κ1) is 11.5. The van der Waals surface area contributed by atoms with Crippen LogP contribution in [-0.2, 0) is 0 Å². The zero-order chi connectivity index (χ0) is 11.2. The molecule has 1 aromatic rings. The van der Waals surface area contributed by atoms with Crippen LogP contribution in [0.15, 0.2) is 28.9 Å². The minimum Gasteiger partial charge on any atom is -0.465 e. The first-order valence-corrected chi connectivity index (χ1v) is 6.28. The normalized spacial score (nSPS) is 26.3. The maximum Gasteiger partial charge on any atom is 0.126 e. The third-order valence-electron chi connectivity index (χ3n) is 3.37. The summed E-state index contributed by atoms with van der Waals surface area (Å²) in [5, 5.41) is 3.58. The Labute approximate surface area is 97.7 Å². The summed E-state index contributed by atoms with van der Waals surface area (Å²) in [7, 11) is 0. The lowest BCUT2D eigenvalue weighted by Gasteiger charge is -2.26. The average molecular weight is 219 g/mol. The molecule has 0 radical (unpaired) electrons. The molecule has 2 heteroatoms. The Hall–Kier alpha value is -1.02. The van der Waals surface area contributed by atoms with E-state index < -0.39 is 0 Å². The van der Waals surface area contributed by atoms with E-state index in [1.807, 2.05) is 18.2 Å². The van der Waals surface area contributed by atoms with Crippen molar-refractivity contribution in [1.29, 1.82) is 0 Å². The molecule has 0 spiro atoms. The Kier molecular flexibility index (Phi) is 4.23. The van der Waals surface area contributed by atoms with Crippen LogP contribution in [-0.4, -0.2) is 12.6 Å². The summed E-state index contributed by atoms with van der Waals surface area (Å²) in [5.74, 6) is 1.86. The molecule has 16 heavy (non-hydrogen) atoms. The molecule has 0 unspecified atom stereocenters. The number of furan rings is 1. The molecule has 0 aromatic carbocycles. The second-order valence-corrected chi connectivity index (χ2v) is 4.78. The summed E-state index contributed by atoms with van der Waals surface area (Å²) in [5.41, 5.74) is 0. The molecule has 1 aromatic heterocycles. The van der Waals surface area contributed by atoms with E-state index in [2.05, 4.69) is 18.3 Å². The maximum atomic E-state index is 5.23. The van der Waals surface area contributed by atoms with Gasteiger partial charge in [-0.2, -0.15) is 0 Å². The van der Waals surface area contributed by atoms with Gasteiger partial charge in [-0.25, -0.2) is 0 Å². The second-order valence-electron chi connectivity index (χ2n) is 4.78. The first-order valence-electron chi connectivity index (χ1n) is 6.28. The quantitative estimate of drug-likeness (QED) is 0.839. The molecule has 0 atom stereocenters. The maximum absolute atomic E-state index is 5.23. The van der Waals surface area contributed by atoms with Gasteiger partial charge in [0.2, 0.25) is 0 Å². The van der Waals surface area contributed by atoms with Crippen molar-refractivity contribution in [2.75, 3.05) is 6.54 Å².